The van der Waals surface area contributed by atoms with E-state index in [-0.39, 0.29) is 6.61 Å². The molecule has 4 heteroatoms. The van der Waals surface area contributed by atoms with Gasteiger partial charge in [0.05, 0.1) is 19.9 Å². The minimum atomic E-state index is -0.0294. The molecule has 0 unspecified atom stereocenters. The Morgan fingerprint density at radius 3 is 2.54 bits per heavy atom. The van der Waals surface area contributed by atoms with E-state index in [0.717, 1.165) is 22.3 Å². The molecule has 0 radical (unpaired) electrons. The summed E-state index contributed by atoms with van der Waals surface area (Å²) in [6.07, 6.45) is 3.43. The molecule has 1 aromatic heterocycles. The molecule has 0 aliphatic rings. The zero-order valence-electron chi connectivity index (χ0n) is 13.5. The van der Waals surface area contributed by atoms with Gasteiger partial charge in [-0.15, -0.1) is 0 Å². The van der Waals surface area contributed by atoms with Crippen LogP contribution in [0.1, 0.15) is 11.1 Å². The van der Waals surface area contributed by atoms with Gasteiger partial charge in [-0.3, -0.25) is 4.98 Å². The molecule has 0 amide bonds. The summed E-state index contributed by atoms with van der Waals surface area (Å²) >= 11 is 0. The Bertz CT molecular complexity index is 803. The minimum Gasteiger partial charge on any atom is -0.495 e. The van der Waals surface area contributed by atoms with Crippen molar-refractivity contribution in [2.75, 3.05) is 7.11 Å². The number of aliphatic hydroxyl groups excluding tert-OH is 1. The smallest absolute Gasteiger partial charge is 0.137 e. The topological polar surface area (TPSA) is 51.6 Å². The number of nitrogens with zero attached hydrogens (tertiary/aromatic N) is 1. The number of aromatic nitrogens is 1. The lowest BCUT2D eigenvalue weighted by atomic mass is 10.0. The molecule has 0 fully saturated rings. The summed E-state index contributed by atoms with van der Waals surface area (Å²) in [7, 11) is 1.61. The first kappa shape index (κ1) is 16.0. The summed E-state index contributed by atoms with van der Waals surface area (Å²) in [5, 5.41) is 9.40. The second-order valence-corrected chi connectivity index (χ2v) is 5.38. The highest BCUT2D eigenvalue weighted by Gasteiger charge is 2.10. The zero-order valence-corrected chi connectivity index (χ0v) is 13.5. The van der Waals surface area contributed by atoms with Gasteiger partial charge in [0.25, 0.3) is 0 Å². The van der Waals surface area contributed by atoms with Crippen LogP contribution in [0.3, 0.4) is 0 Å². The van der Waals surface area contributed by atoms with Crippen LogP contribution < -0.4 is 9.47 Å². The monoisotopic (exact) mass is 321 g/mol. The van der Waals surface area contributed by atoms with Gasteiger partial charge in [0.1, 0.15) is 18.1 Å². The van der Waals surface area contributed by atoms with Crippen LogP contribution in [0, 0.1) is 0 Å². The largest absolute Gasteiger partial charge is 0.495 e. The number of rotatable bonds is 6. The number of hydrogen-bond donors (Lipinski definition) is 1. The molecule has 24 heavy (non-hydrogen) atoms. The standard InChI is InChI=1S/C20H19NO3/c1-23-18-10-17(11-21-12-18)19-8-7-16(13-22)9-20(19)24-14-15-5-3-2-4-6-15/h2-12,22H,13-14H2,1H3. The van der Waals surface area contributed by atoms with Crippen LogP contribution in [0.5, 0.6) is 11.5 Å². The number of hydrogen-bond acceptors (Lipinski definition) is 4. The van der Waals surface area contributed by atoms with Gasteiger partial charge in [-0.2, -0.15) is 0 Å². The van der Waals surface area contributed by atoms with Crippen LogP contribution in [0.15, 0.2) is 67.0 Å². The molecule has 0 aliphatic carbocycles. The van der Waals surface area contributed by atoms with Crippen LogP contribution in [0.25, 0.3) is 11.1 Å². The van der Waals surface area contributed by atoms with Crippen molar-refractivity contribution < 1.29 is 14.6 Å². The van der Waals surface area contributed by atoms with E-state index >= 15 is 0 Å². The first-order valence-corrected chi connectivity index (χ1v) is 7.70. The second-order valence-electron chi connectivity index (χ2n) is 5.38. The molecule has 0 bridgehead atoms. The van der Waals surface area contributed by atoms with E-state index in [1.54, 1.807) is 19.5 Å². The maximum Gasteiger partial charge on any atom is 0.137 e. The maximum atomic E-state index is 9.40. The lowest BCUT2D eigenvalue weighted by molar-refractivity contribution is 0.278. The number of methoxy groups -OCH3 is 1. The van der Waals surface area contributed by atoms with Crippen LogP contribution in [0.4, 0.5) is 0 Å². The molecule has 0 saturated carbocycles. The average Bonchev–Trinajstić information content (AvgIpc) is 2.67. The van der Waals surface area contributed by atoms with Crippen molar-refractivity contribution in [3.8, 4) is 22.6 Å². The Kier molecular flexibility index (Phi) is 5.08. The van der Waals surface area contributed by atoms with Gasteiger partial charge in [-0.25, -0.2) is 0 Å². The molecule has 3 aromatic rings. The fourth-order valence-electron chi connectivity index (χ4n) is 2.44. The van der Waals surface area contributed by atoms with Crippen molar-refractivity contribution in [1.29, 1.82) is 0 Å². The SMILES string of the molecule is COc1cncc(-c2ccc(CO)cc2OCc2ccccc2)c1. The molecule has 1 N–H and O–H groups in total. The number of aliphatic hydroxyl groups is 1. The maximum absolute atomic E-state index is 9.40. The molecular weight excluding hydrogens is 302 g/mol. The highest BCUT2D eigenvalue weighted by Crippen LogP contribution is 2.33. The summed E-state index contributed by atoms with van der Waals surface area (Å²) in [6.45, 7) is 0.429. The van der Waals surface area contributed by atoms with Crippen LogP contribution in [-0.4, -0.2) is 17.2 Å². The van der Waals surface area contributed by atoms with Gasteiger partial charge < -0.3 is 14.6 Å². The summed E-state index contributed by atoms with van der Waals surface area (Å²) in [4.78, 5) is 4.20. The Balaban J connectivity index is 1.93. The zero-order chi connectivity index (χ0) is 16.8. The Morgan fingerprint density at radius 1 is 0.958 bits per heavy atom. The molecule has 2 aromatic carbocycles. The lowest BCUT2D eigenvalue weighted by Crippen LogP contribution is -1.98. The average molecular weight is 321 g/mol. The quantitative estimate of drug-likeness (QED) is 0.750. The van der Waals surface area contributed by atoms with Crippen molar-refractivity contribution in [3.05, 3.63) is 78.1 Å². The summed E-state index contributed by atoms with van der Waals surface area (Å²) in [5.41, 5.74) is 3.70. The Hall–Kier alpha value is -2.85. The predicted molar refractivity (Wildman–Crippen MR) is 92.9 cm³/mol. The number of benzene rings is 2. The van der Waals surface area contributed by atoms with Gasteiger partial charge in [0.2, 0.25) is 0 Å². The normalized spacial score (nSPS) is 10.4. The van der Waals surface area contributed by atoms with Gasteiger partial charge in [0.15, 0.2) is 0 Å². The predicted octanol–water partition coefficient (Wildman–Crippen LogP) is 3.83. The van der Waals surface area contributed by atoms with Crippen molar-refractivity contribution in [3.63, 3.8) is 0 Å². The van der Waals surface area contributed by atoms with E-state index in [9.17, 15) is 5.11 Å². The molecular formula is C20H19NO3. The number of ether oxygens (including phenoxy) is 2. The summed E-state index contributed by atoms with van der Waals surface area (Å²) in [5.74, 6) is 1.40. The first-order valence-electron chi connectivity index (χ1n) is 7.70. The molecule has 0 atom stereocenters. The molecule has 0 aliphatic heterocycles. The Labute approximate surface area is 141 Å². The third-order valence-corrected chi connectivity index (χ3v) is 3.73. The van der Waals surface area contributed by atoms with Gasteiger partial charge in [0, 0.05) is 17.3 Å². The van der Waals surface area contributed by atoms with Crippen LogP contribution >= 0.6 is 0 Å². The summed E-state index contributed by atoms with van der Waals surface area (Å²) in [6, 6.07) is 17.6. The van der Waals surface area contributed by atoms with Gasteiger partial charge in [-0.05, 0) is 23.3 Å². The van der Waals surface area contributed by atoms with E-state index in [1.165, 1.54) is 0 Å². The van der Waals surface area contributed by atoms with E-state index in [4.69, 9.17) is 9.47 Å². The molecule has 0 saturated heterocycles. The highest BCUT2D eigenvalue weighted by atomic mass is 16.5. The Morgan fingerprint density at radius 2 is 1.79 bits per heavy atom. The second kappa shape index (κ2) is 7.62. The lowest BCUT2D eigenvalue weighted by Gasteiger charge is -2.13. The van der Waals surface area contributed by atoms with Crippen LogP contribution in [0.2, 0.25) is 0 Å². The highest BCUT2D eigenvalue weighted by molar-refractivity contribution is 5.71. The third kappa shape index (κ3) is 3.73. The van der Waals surface area contributed by atoms with E-state index in [2.05, 4.69) is 4.98 Å². The van der Waals surface area contributed by atoms with E-state index in [1.807, 2.05) is 54.6 Å². The molecule has 0 spiro atoms. The molecule has 1 heterocycles. The first-order chi connectivity index (χ1) is 11.8. The van der Waals surface area contributed by atoms with Gasteiger partial charge >= 0.3 is 0 Å². The third-order valence-electron chi connectivity index (χ3n) is 3.73. The van der Waals surface area contributed by atoms with Crippen molar-refractivity contribution >= 4 is 0 Å². The minimum absolute atomic E-state index is 0.0294. The van der Waals surface area contributed by atoms with Crippen LogP contribution in [-0.2, 0) is 13.2 Å². The molecule has 122 valence electrons. The van der Waals surface area contributed by atoms with Gasteiger partial charge in [-0.1, -0.05) is 42.5 Å². The van der Waals surface area contributed by atoms with E-state index < -0.39 is 0 Å². The fourth-order valence-corrected chi connectivity index (χ4v) is 2.44. The number of pyridine rings is 1. The summed E-state index contributed by atoms with van der Waals surface area (Å²) < 4.78 is 11.3. The molecule has 3 rings (SSSR count). The van der Waals surface area contributed by atoms with Crippen molar-refractivity contribution in [2.45, 2.75) is 13.2 Å². The van der Waals surface area contributed by atoms with Crippen molar-refractivity contribution in [1.82, 2.24) is 4.98 Å². The van der Waals surface area contributed by atoms with E-state index in [0.29, 0.717) is 18.1 Å². The van der Waals surface area contributed by atoms with Crippen molar-refractivity contribution in [2.24, 2.45) is 0 Å². The molecule has 4 nitrogen and oxygen atoms in total. The fraction of sp³-hybridized carbons (Fsp3) is 0.150.